The SMILES string of the molecule is C=CC(=O)Nc1ccc(C(=O)N(Cc2ccc(OC)cc2)Cc2ccc(OC)cc2)c(C(=O)O)c1. The lowest BCUT2D eigenvalue weighted by Crippen LogP contribution is -2.31. The molecule has 3 rings (SSSR count). The smallest absolute Gasteiger partial charge is 0.336 e. The number of ether oxygens (including phenoxy) is 2. The number of hydrogen-bond donors (Lipinski definition) is 2. The van der Waals surface area contributed by atoms with E-state index in [9.17, 15) is 19.5 Å². The van der Waals surface area contributed by atoms with Crippen molar-refractivity contribution in [1.29, 1.82) is 0 Å². The highest BCUT2D eigenvalue weighted by Gasteiger charge is 2.23. The van der Waals surface area contributed by atoms with Crippen molar-refractivity contribution < 1.29 is 29.0 Å². The van der Waals surface area contributed by atoms with Crippen LogP contribution in [0.15, 0.2) is 79.4 Å². The van der Waals surface area contributed by atoms with Crippen molar-refractivity contribution in [3.8, 4) is 11.5 Å². The molecule has 0 bridgehead atoms. The van der Waals surface area contributed by atoms with Gasteiger partial charge in [-0.3, -0.25) is 9.59 Å². The second-order valence-corrected chi connectivity index (χ2v) is 7.62. The monoisotopic (exact) mass is 474 g/mol. The Morgan fingerprint density at radius 1 is 0.857 bits per heavy atom. The second kappa shape index (κ2) is 11.5. The summed E-state index contributed by atoms with van der Waals surface area (Å²) < 4.78 is 10.4. The average molecular weight is 475 g/mol. The van der Waals surface area contributed by atoms with E-state index in [0.29, 0.717) is 11.5 Å². The van der Waals surface area contributed by atoms with Gasteiger partial charge in [-0.15, -0.1) is 0 Å². The van der Waals surface area contributed by atoms with Crippen LogP contribution in [0.5, 0.6) is 11.5 Å². The van der Waals surface area contributed by atoms with E-state index in [4.69, 9.17) is 9.47 Å². The number of carbonyl (C=O) groups is 3. The molecule has 0 aliphatic rings. The number of anilines is 1. The third kappa shape index (κ3) is 6.48. The van der Waals surface area contributed by atoms with Gasteiger partial charge < -0.3 is 24.8 Å². The summed E-state index contributed by atoms with van der Waals surface area (Å²) in [5, 5.41) is 12.3. The molecule has 35 heavy (non-hydrogen) atoms. The van der Waals surface area contributed by atoms with Gasteiger partial charge >= 0.3 is 5.97 Å². The number of benzene rings is 3. The Morgan fingerprint density at radius 2 is 1.37 bits per heavy atom. The zero-order chi connectivity index (χ0) is 25.4. The van der Waals surface area contributed by atoms with E-state index in [1.54, 1.807) is 43.4 Å². The number of aromatic carboxylic acids is 1. The topological polar surface area (TPSA) is 105 Å². The molecule has 0 spiro atoms. The standard InChI is InChI=1S/C27H26N2O6/c1-4-25(30)28-20-9-14-23(24(15-20)27(32)33)26(31)29(16-18-5-10-21(34-2)11-6-18)17-19-7-12-22(35-3)13-8-19/h4-15H,1,16-17H2,2-3H3,(H,28,30)(H,32,33). The number of carbonyl (C=O) groups excluding carboxylic acids is 2. The fourth-order valence-electron chi connectivity index (χ4n) is 3.45. The highest BCUT2D eigenvalue weighted by Crippen LogP contribution is 2.22. The van der Waals surface area contributed by atoms with E-state index in [0.717, 1.165) is 17.2 Å². The fourth-order valence-corrected chi connectivity index (χ4v) is 3.45. The van der Waals surface area contributed by atoms with Crippen molar-refractivity contribution in [1.82, 2.24) is 4.90 Å². The Hall–Kier alpha value is -4.59. The van der Waals surface area contributed by atoms with Crippen LogP contribution in [0.25, 0.3) is 0 Å². The van der Waals surface area contributed by atoms with Crippen molar-refractivity contribution in [3.63, 3.8) is 0 Å². The summed E-state index contributed by atoms with van der Waals surface area (Å²) in [4.78, 5) is 38.8. The Bertz CT molecular complexity index is 1170. The molecule has 0 fully saturated rings. The molecule has 3 aromatic carbocycles. The van der Waals surface area contributed by atoms with Crippen LogP contribution in [-0.2, 0) is 17.9 Å². The molecular formula is C27H26N2O6. The van der Waals surface area contributed by atoms with Gasteiger partial charge in [0.1, 0.15) is 11.5 Å². The summed E-state index contributed by atoms with van der Waals surface area (Å²) in [5.74, 6) is -0.854. The molecule has 8 heteroatoms. The molecule has 8 nitrogen and oxygen atoms in total. The molecular weight excluding hydrogens is 448 g/mol. The van der Waals surface area contributed by atoms with Crippen molar-refractivity contribution in [2.45, 2.75) is 13.1 Å². The predicted molar refractivity (Wildman–Crippen MR) is 132 cm³/mol. The molecule has 0 unspecified atom stereocenters. The van der Waals surface area contributed by atoms with Crippen LogP contribution in [0.4, 0.5) is 5.69 Å². The number of carboxylic acid groups (broad SMARTS) is 1. The minimum atomic E-state index is -1.28. The van der Waals surface area contributed by atoms with Crippen molar-refractivity contribution in [3.05, 3.63) is 102 Å². The van der Waals surface area contributed by atoms with E-state index in [1.807, 2.05) is 24.3 Å². The third-order valence-corrected chi connectivity index (χ3v) is 5.29. The summed E-state index contributed by atoms with van der Waals surface area (Å²) >= 11 is 0. The average Bonchev–Trinajstić information content (AvgIpc) is 2.88. The lowest BCUT2D eigenvalue weighted by atomic mass is 10.0. The highest BCUT2D eigenvalue weighted by molar-refractivity contribution is 6.06. The minimum absolute atomic E-state index is 0.0103. The first-order valence-electron chi connectivity index (χ1n) is 10.7. The summed E-state index contributed by atoms with van der Waals surface area (Å²) in [6, 6.07) is 18.7. The summed E-state index contributed by atoms with van der Waals surface area (Å²) in [7, 11) is 3.15. The molecule has 0 aliphatic carbocycles. The Kier molecular flexibility index (Phi) is 8.24. The summed E-state index contributed by atoms with van der Waals surface area (Å²) in [5.41, 5.74) is 1.74. The van der Waals surface area contributed by atoms with Crippen LogP contribution >= 0.6 is 0 Å². The molecule has 180 valence electrons. The van der Waals surface area contributed by atoms with Gasteiger partial charge in [0.15, 0.2) is 0 Å². The zero-order valence-electron chi connectivity index (χ0n) is 19.5. The molecule has 2 N–H and O–H groups in total. The molecule has 2 amide bonds. The Morgan fingerprint density at radius 3 is 1.80 bits per heavy atom. The fraction of sp³-hybridized carbons (Fsp3) is 0.148. The van der Waals surface area contributed by atoms with Crippen LogP contribution in [0, 0.1) is 0 Å². The maximum absolute atomic E-state index is 13.6. The first kappa shape index (κ1) is 25.0. The normalized spacial score (nSPS) is 10.2. The van der Waals surface area contributed by atoms with E-state index in [1.165, 1.54) is 18.2 Å². The molecule has 0 saturated carbocycles. The quantitative estimate of drug-likeness (QED) is 0.423. The zero-order valence-corrected chi connectivity index (χ0v) is 19.5. The van der Waals surface area contributed by atoms with Gasteiger partial charge in [0.2, 0.25) is 5.91 Å². The van der Waals surface area contributed by atoms with Gasteiger partial charge in [-0.1, -0.05) is 30.8 Å². The van der Waals surface area contributed by atoms with E-state index in [-0.39, 0.29) is 29.9 Å². The van der Waals surface area contributed by atoms with Crippen LogP contribution in [0.3, 0.4) is 0 Å². The molecule has 0 atom stereocenters. The van der Waals surface area contributed by atoms with E-state index in [2.05, 4.69) is 11.9 Å². The lowest BCUT2D eigenvalue weighted by molar-refractivity contribution is -0.111. The van der Waals surface area contributed by atoms with Gasteiger partial charge in [0, 0.05) is 18.8 Å². The maximum Gasteiger partial charge on any atom is 0.336 e. The number of nitrogens with zero attached hydrogens (tertiary/aromatic N) is 1. The molecule has 0 saturated heterocycles. The van der Waals surface area contributed by atoms with E-state index >= 15 is 0 Å². The van der Waals surface area contributed by atoms with Crippen molar-refractivity contribution in [2.75, 3.05) is 19.5 Å². The Balaban J connectivity index is 1.96. The van der Waals surface area contributed by atoms with Gasteiger partial charge in [-0.05, 0) is 59.7 Å². The number of amides is 2. The number of methoxy groups -OCH3 is 2. The van der Waals surface area contributed by atoms with E-state index < -0.39 is 17.8 Å². The minimum Gasteiger partial charge on any atom is -0.497 e. The number of hydrogen-bond acceptors (Lipinski definition) is 5. The number of rotatable bonds is 10. The molecule has 0 heterocycles. The molecule has 3 aromatic rings. The number of nitrogens with one attached hydrogen (secondary N) is 1. The predicted octanol–water partition coefficient (Wildman–Crippen LogP) is 4.37. The highest BCUT2D eigenvalue weighted by atomic mass is 16.5. The van der Waals surface area contributed by atoms with Crippen LogP contribution in [0.2, 0.25) is 0 Å². The van der Waals surface area contributed by atoms with Gasteiger partial charge in [0.25, 0.3) is 5.91 Å². The molecule has 0 aromatic heterocycles. The second-order valence-electron chi connectivity index (χ2n) is 7.62. The third-order valence-electron chi connectivity index (χ3n) is 5.29. The summed E-state index contributed by atoms with van der Waals surface area (Å²) in [6.07, 6.45) is 1.07. The number of carboxylic acids is 1. The van der Waals surface area contributed by atoms with Gasteiger partial charge in [0.05, 0.1) is 25.3 Å². The first-order chi connectivity index (χ1) is 16.8. The largest absolute Gasteiger partial charge is 0.497 e. The summed E-state index contributed by atoms with van der Waals surface area (Å²) in [6.45, 7) is 3.86. The van der Waals surface area contributed by atoms with Crippen molar-refractivity contribution in [2.24, 2.45) is 0 Å². The first-order valence-corrected chi connectivity index (χ1v) is 10.7. The van der Waals surface area contributed by atoms with Gasteiger partial charge in [-0.2, -0.15) is 0 Å². The Labute approximate surface area is 203 Å². The van der Waals surface area contributed by atoms with Crippen molar-refractivity contribution >= 4 is 23.5 Å². The van der Waals surface area contributed by atoms with Gasteiger partial charge in [-0.25, -0.2) is 4.79 Å². The lowest BCUT2D eigenvalue weighted by Gasteiger charge is -2.24. The molecule has 0 radical (unpaired) electrons. The maximum atomic E-state index is 13.6. The van der Waals surface area contributed by atoms with Crippen LogP contribution < -0.4 is 14.8 Å². The van der Waals surface area contributed by atoms with Crippen LogP contribution in [-0.4, -0.2) is 42.0 Å². The van der Waals surface area contributed by atoms with Crippen LogP contribution in [0.1, 0.15) is 31.8 Å². The molecule has 0 aliphatic heterocycles.